The van der Waals surface area contributed by atoms with Crippen molar-refractivity contribution >= 4 is 27.4 Å². The molecule has 2 aromatic rings. The minimum absolute atomic E-state index is 0.0622. The number of aromatic nitrogens is 1. The number of rotatable bonds is 5. The number of azo groups is 1. The summed E-state index contributed by atoms with van der Waals surface area (Å²) in [6, 6.07) is 4.58. The first kappa shape index (κ1) is 19.3. The number of nitrogens with zero attached hydrogens (tertiary/aromatic N) is 3. The molecule has 1 aromatic heterocycles. The van der Waals surface area contributed by atoms with Crippen LogP contribution in [0.15, 0.2) is 44.2 Å². The van der Waals surface area contributed by atoms with Gasteiger partial charge in [-0.25, -0.2) is 8.42 Å². The van der Waals surface area contributed by atoms with Crippen LogP contribution in [0.4, 0.5) is 11.4 Å². The molecule has 0 aliphatic heterocycles. The van der Waals surface area contributed by atoms with Gasteiger partial charge in [-0.1, -0.05) is 0 Å². The quantitative estimate of drug-likeness (QED) is 0.586. The van der Waals surface area contributed by atoms with Crippen LogP contribution in [-0.2, 0) is 16.7 Å². The molecule has 0 unspecified atom stereocenters. The molecule has 0 fully saturated rings. The van der Waals surface area contributed by atoms with Crippen LogP contribution in [-0.4, -0.2) is 28.6 Å². The van der Waals surface area contributed by atoms with Crippen LogP contribution in [0.5, 0.6) is 5.88 Å². The molecule has 0 atom stereocenters. The van der Waals surface area contributed by atoms with Crippen molar-refractivity contribution in [2.24, 2.45) is 16.0 Å². The van der Waals surface area contributed by atoms with E-state index >= 15 is 0 Å². The van der Waals surface area contributed by atoms with Crippen LogP contribution >= 0.6 is 0 Å². The zero-order valence-corrected chi connectivity index (χ0v) is 14.6. The third kappa shape index (κ3) is 3.63. The average molecular weight is 379 g/mol. The Labute approximate surface area is 148 Å². The normalized spacial score (nSPS) is 11.8. The minimum atomic E-state index is -4.58. The van der Waals surface area contributed by atoms with Gasteiger partial charge in [-0.05, 0) is 38.1 Å². The second-order valence-corrected chi connectivity index (χ2v) is 6.61. The number of pyridine rings is 1. The average Bonchev–Trinajstić information content (AvgIpc) is 2.54. The fourth-order valence-corrected chi connectivity index (χ4v) is 2.77. The summed E-state index contributed by atoms with van der Waals surface area (Å²) in [4.78, 5) is 23.5. The van der Waals surface area contributed by atoms with Crippen LogP contribution in [0.25, 0.3) is 0 Å². The minimum Gasteiger partial charge on any atom is -0.744 e. The number of carbonyl (C=O) groups excluding carboxylic acids is 1. The number of primary amides is 1. The smallest absolute Gasteiger partial charge is 0.281 e. The lowest BCUT2D eigenvalue weighted by molar-refractivity contribution is 0.0995. The van der Waals surface area contributed by atoms with E-state index in [9.17, 15) is 27.7 Å². The molecule has 0 bridgehead atoms. The largest absolute Gasteiger partial charge is 0.744 e. The van der Waals surface area contributed by atoms with Gasteiger partial charge in [-0.3, -0.25) is 14.2 Å². The van der Waals surface area contributed by atoms with E-state index in [4.69, 9.17) is 5.73 Å². The molecule has 0 spiro atoms. The van der Waals surface area contributed by atoms with Crippen molar-refractivity contribution in [2.45, 2.75) is 25.3 Å². The Balaban J connectivity index is 2.56. The Hall–Kier alpha value is -3.05. The zero-order chi connectivity index (χ0) is 19.6. The molecule has 0 saturated heterocycles. The topological polar surface area (TPSA) is 167 Å². The molecule has 2 rings (SSSR count). The standard InChI is InChI=1S/C15H16N4O6S/c1-3-19-14(21)11(13(16)20)8(2)12(15(19)22)18-17-9-4-6-10(7-5-9)26(23,24)25/h4-7,21H,3H2,1-2H3,(H2,16,20)(H,23,24,25)/p-1. The maximum absolute atomic E-state index is 12.4. The van der Waals surface area contributed by atoms with Crippen LogP contribution in [0.2, 0.25) is 0 Å². The summed E-state index contributed by atoms with van der Waals surface area (Å²) in [6.07, 6.45) is 0. The lowest BCUT2D eigenvalue weighted by Crippen LogP contribution is -2.25. The molecule has 26 heavy (non-hydrogen) atoms. The van der Waals surface area contributed by atoms with Gasteiger partial charge in [-0.2, -0.15) is 5.11 Å². The molecule has 0 aliphatic carbocycles. The summed E-state index contributed by atoms with van der Waals surface area (Å²) >= 11 is 0. The van der Waals surface area contributed by atoms with Gasteiger partial charge in [-0.15, -0.1) is 5.11 Å². The van der Waals surface area contributed by atoms with E-state index in [1.54, 1.807) is 6.92 Å². The summed E-state index contributed by atoms with van der Waals surface area (Å²) in [6.45, 7) is 3.05. The number of hydrogen-bond donors (Lipinski definition) is 2. The van der Waals surface area contributed by atoms with E-state index in [0.29, 0.717) is 0 Å². The molecule has 138 valence electrons. The van der Waals surface area contributed by atoms with E-state index in [1.165, 1.54) is 19.1 Å². The predicted octanol–water partition coefficient (Wildman–Crippen LogP) is 1.30. The van der Waals surface area contributed by atoms with Gasteiger partial charge in [0.2, 0.25) is 5.88 Å². The first-order valence-electron chi connectivity index (χ1n) is 7.31. The highest BCUT2D eigenvalue weighted by atomic mass is 32.2. The lowest BCUT2D eigenvalue weighted by Gasteiger charge is -2.12. The molecule has 1 amide bonds. The van der Waals surface area contributed by atoms with Crippen molar-refractivity contribution in [3.8, 4) is 5.88 Å². The maximum Gasteiger partial charge on any atom is 0.281 e. The fourth-order valence-electron chi connectivity index (χ4n) is 2.30. The summed E-state index contributed by atoms with van der Waals surface area (Å²) < 4.78 is 33.6. The lowest BCUT2D eigenvalue weighted by atomic mass is 10.1. The van der Waals surface area contributed by atoms with Crippen molar-refractivity contribution in [1.29, 1.82) is 0 Å². The highest BCUT2D eigenvalue weighted by Crippen LogP contribution is 2.27. The van der Waals surface area contributed by atoms with Crippen molar-refractivity contribution in [3.05, 3.63) is 45.7 Å². The van der Waals surface area contributed by atoms with Gasteiger partial charge in [0.05, 0.1) is 10.6 Å². The van der Waals surface area contributed by atoms with Gasteiger partial charge in [0.1, 0.15) is 15.7 Å². The summed E-state index contributed by atoms with van der Waals surface area (Å²) in [5.74, 6) is -1.48. The summed E-state index contributed by atoms with van der Waals surface area (Å²) in [5.41, 5.74) is 4.38. The molecule has 3 N–H and O–H groups in total. The Morgan fingerprint density at radius 1 is 1.27 bits per heavy atom. The van der Waals surface area contributed by atoms with Gasteiger partial charge in [0, 0.05) is 12.1 Å². The highest BCUT2D eigenvalue weighted by molar-refractivity contribution is 7.85. The monoisotopic (exact) mass is 379 g/mol. The van der Waals surface area contributed by atoms with Gasteiger partial charge < -0.3 is 15.4 Å². The van der Waals surface area contributed by atoms with Gasteiger partial charge >= 0.3 is 0 Å². The molecule has 10 nitrogen and oxygen atoms in total. The van der Waals surface area contributed by atoms with Crippen molar-refractivity contribution in [1.82, 2.24) is 4.57 Å². The summed E-state index contributed by atoms with van der Waals surface area (Å²) in [5, 5.41) is 17.7. The van der Waals surface area contributed by atoms with E-state index in [2.05, 4.69) is 10.2 Å². The second-order valence-electron chi connectivity index (χ2n) is 5.23. The van der Waals surface area contributed by atoms with E-state index in [0.717, 1.165) is 16.7 Å². The van der Waals surface area contributed by atoms with Crippen LogP contribution in [0.1, 0.15) is 22.8 Å². The van der Waals surface area contributed by atoms with Gasteiger partial charge in [0.15, 0.2) is 5.69 Å². The second kappa shape index (κ2) is 7.06. The number of benzene rings is 1. The molecule has 0 aliphatic rings. The molecule has 1 aromatic carbocycles. The van der Waals surface area contributed by atoms with Gasteiger partial charge in [0.25, 0.3) is 11.5 Å². The molecular formula is C15H15N4O6S-. The number of nitrogens with two attached hydrogens (primary N) is 1. The Kier molecular flexibility index (Phi) is 5.23. The highest BCUT2D eigenvalue weighted by Gasteiger charge is 2.21. The third-order valence-corrected chi connectivity index (χ3v) is 4.46. The van der Waals surface area contributed by atoms with Crippen molar-refractivity contribution < 1.29 is 22.9 Å². The fraction of sp³-hybridized carbons (Fsp3) is 0.200. The molecule has 11 heteroatoms. The molecule has 1 heterocycles. The first-order chi connectivity index (χ1) is 12.1. The Morgan fingerprint density at radius 3 is 2.31 bits per heavy atom. The third-order valence-electron chi connectivity index (χ3n) is 3.61. The van der Waals surface area contributed by atoms with E-state index in [1.807, 2.05) is 0 Å². The molecule has 0 saturated carbocycles. The van der Waals surface area contributed by atoms with E-state index < -0.39 is 32.4 Å². The predicted molar refractivity (Wildman–Crippen MR) is 89.9 cm³/mol. The van der Waals surface area contributed by atoms with Crippen LogP contribution in [0, 0.1) is 6.92 Å². The SMILES string of the molecule is CCn1c(O)c(C(N)=O)c(C)c(N=Nc2ccc(S(=O)(=O)[O-])cc2)c1=O. The van der Waals surface area contributed by atoms with Crippen molar-refractivity contribution in [3.63, 3.8) is 0 Å². The number of amides is 1. The van der Waals surface area contributed by atoms with Crippen LogP contribution < -0.4 is 11.3 Å². The number of aromatic hydroxyl groups is 1. The summed E-state index contributed by atoms with van der Waals surface area (Å²) in [7, 11) is -4.58. The van der Waals surface area contributed by atoms with E-state index in [-0.39, 0.29) is 29.0 Å². The van der Waals surface area contributed by atoms with Crippen LogP contribution in [0.3, 0.4) is 0 Å². The Bertz CT molecular complexity index is 1060. The number of carbonyl (C=O) groups is 1. The maximum atomic E-state index is 12.4. The Morgan fingerprint density at radius 2 is 1.85 bits per heavy atom. The van der Waals surface area contributed by atoms with Crippen molar-refractivity contribution in [2.75, 3.05) is 0 Å². The number of hydrogen-bond acceptors (Lipinski definition) is 8. The molecular weight excluding hydrogens is 364 g/mol. The molecule has 0 radical (unpaired) electrons. The first-order valence-corrected chi connectivity index (χ1v) is 8.72. The zero-order valence-electron chi connectivity index (χ0n) is 13.8.